The lowest BCUT2D eigenvalue weighted by molar-refractivity contribution is -0.151. The predicted octanol–water partition coefficient (Wildman–Crippen LogP) is 2.62. The molecular weight excluding hydrogens is 392 g/mol. The van der Waals surface area contributed by atoms with Gasteiger partial charge in [-0.2, -0.15) is 0 Å². The lowest BCUT2D eigenvalue weighted by Crippen LogP contribution is -2.43. The molecular formula is C21H30N2O5S. The number of hydrogen-bond acceptors (Lipinski definition) is 6. The zero-order valence-electron chi connectivity index (χ0n) is 16.9. The summed E-state index contributed by atoms with van der Waals surface area (Å²) in [6.45, 7) is 3.39. The van der Waals surface area contributed by atoms with Gasteiger partial charge in [-0.05, 0) is 56.9 Å². The summed E-state index contributed by atoms with van der Waals surface area (Å²) in [5, 5.41) is 2.80. The third-order valence-electron chi connectivity index (χ3n) is 5.84. The molecule has 3 rings (SSSR count). The number of nitrogens with one attached hydrogen (secondary N) is 1. The standard InChI is InChI=1S/C21H30N2O5S/c1-2-28-21(25)16-11-13-23(14-12-16)20(24)15-22-17-7-9-19(10-8-17)29(26,27)18-5-3-4-6-18/h7-10,16,18,22H,2-6,11-15H2,1H3. The van der Waals surface area contributed by atoms with Crippen LogP contribution in [0.5, 0.6) is 0 Å². The second kappa shape index (κ2) is 9.61. The maximum absolute atomic E-state index is 12.6. The molecule has 0 unspecified atom stereocenters. The van der Waals surface area contributed by atoms with Crippen LogP contribution in [0.1, 0.15) is 45.4 Å². The maximum Gasteiger partial charge on any atom is 0.309 e. The first kappa shape index (κ1) is 21.6. The van der Waals surface area contributed by atoms with Gasteiger partial charge in [0, 0.05) is 18.8 Å². The lowest BCUT2D eigenvalue weighted by atomic mass is 9.97. The molecule has 8 heteroatoms. The lowest BCUT2D eigenvalue weighted by Gasteiger charge is -2.31. The number of anilines is 1. The first-order valence-electron chi connectivity index (χ1n) is 10.4. The highest BCUT2D eigenvalue weighted by molar-refractivity contribution is 7.92. The summed E-state index contributed by atoms with van der Waals surface area (Å²) in [7, 11) is -3.26. The van der Waals surface area contributed by atoms with Crippen LogP contribution in [0.3, 0.4) is 0 Å². The second-order valence-electron chi connectivity index (χ2n) is 7.74. The van der Waals surface area contributed by atoms with Crippen molar-refractivity contribution in [2.45, 2.75) is 55.6 Å². The van der Waals surface area contributed by atoms with Crippen LogP contribution in [0.25, 0.3) is 0 Å². The molecule has 1 N–H and O–H groups in total. The third kappa shape index (κ3) is 5.29. The smallest absolute Gasteiger partial charge is 0.309 e. The van der Waals surface area contributed by atoms with E-state index in [-0.39, 0.29) is 29.6 Å². The van der Waals surface area contributed by atoms with E-state index in [9.17, 15) is 18.0 Å². The molecule has 1 amide bonds. The van der Waals surface area contributed by atoms with Crippen molar-refractivity contribution in [3.8, 4) is 0 Å². The Balaban J connectivity index is 1.48. The maximum atomic E-state index is 12.6. The molecule has 0 radical (unpaired) electrons. The number of hydrogen-bond donors (Lipinski definition) is 1. The van der Waals surface area contributed by atoms with Gasteiger partial charge in [0.05, 0.1) is 29.2 Å². The Morgan fingerprint density at radius 1 is 1.07 bits per heavy atom. The third-order valence-corrected chi connectivity index (χ3v) is 8.11. The number of amides is 1. The molecule has 1 saturated heterocycles. The van der Waals surface area contributed by atoms with Gasteiger partial charge in [0.1, 0.15) is 0 Å². The highest BCUT2D eigenvalue weighted by Crippen LogP contribution is 2.30. The number of carbonyl (C=O) groups excluding carboxylic acids is 2. The van der Waals surface area contributed by atoms with E-state index in [1.54, 1.807) is 36.1 Å². The quantitative estimate of drug-likeness (QED) is 0.679. The minimum atomic E-state index is -3.26. The Bertz CT molecular complexity index is 808. The molecule has 0 spiro atoms. The Labute approximate surface area is 172 Å². The monoisotopic (exact) mass is 422 g/mol. The molecule has 1 aliphatic heterocycles. The molecule has 1 heterocycles. The Morgan fingerprint density at radius 2 is 1.69 bits per heavy atom. The summed E-state index contributed by atoms with van der Waals surface area (Å²) in [4.78, 5) is 26.3. The molecule has 160 valence electrons. The van der Waals surface area contributed by atoms with Gasteiger partial charge < -0.3 is 15.0 Å². The van der Waals surface area contributed by atoms with Crippen LogP contribution in [-0.4, -0.2) is 56.7 Å². The van der Waals surface area contributed by atoms with Crippen molar-refractivity contribution in [3.05, 3.63) is 24.3 Å². The number of ether oxygens (including phenoxy) is 1. The number of likely N-dealkylation sites (tertiary alicyclic amines) is 1. The molecule has 29 heavy (non-hydrogen) atoms. The summed E-state index contributed by atoms with van der Waals surface area (Å²) in [6, 6.07) is 6.65. The molecule has 1 aromatic carbocycles. The average Bonchev–Trinajstić information content (AvgIpc) is 3.28. The summed E-state index contributed by atoms with van der Waals surface area (Å²) in [5.41, 5.74) is 0.713. The molecule has 0 aromatic heterocycles. The second-order valence-corrected chi connectivity index (χ2v) is 9.96. The molecule has 0 bridgehead atoms. The topological polar surface area (TPSA) is 92.8 Å². The number of benzene rings is 1. The average molecular weight is 423 g/mol. The number of esters is 1. The SMILES string of the molecule is CCOC(=O)C1CCN(C(=O)CNc2ccc(S(=O)(=O)C3CCCC3)cc2)CC1. The van der Waals surface area contributed by atoms with Crippen molar-refractivity contribution in [1.29, 1.82) is 0 Å². The number of nitrogens with zero attached hydrogens (tertiary/aromatic N) is 1. The van der Waals surface area contributed by atoms with Crippen molar-refractivity contribution < 1.29 is 22.7 Å². The van der Waals surface area contributed by atoms with E-state index < -0.39 is 9.84 Å². The molecule has 7 nitrogen and oxygen atoms in total. The van der Waals surface area contributed by atoms with Gasteiger partial charge in [-0.25, -0.2) is 8.42 Å². The van der Waals surface area contributed by atoms with E-state index in [1.807, 2.05) is 0 Å². The van der Waals surface area contributed by atoms with Gasteiger partial charge in [-0.15, -0.1) is 0 Å². The molecule has 1 aromatic rings. The molecule has 1 saturated carbocycles. The van der Waals surface area contributed by atoms with E-state index in [0.29, 0.717) is 43.1 Å². The number of rotatable bonds is 7. The minimum absolute atomic E-state index is 0.0324. The van der Waals surface area contributed by atoms with Gasteiger partial charge in [-0.1, -0.05) is 12.8 Å². The molecule has 1 aliphatic carbocycles. The van der Waals surface area contributed by atoms with Crippen LogP contribution in [0.4, 0.5) is 5.69 Å². The first-order valence-corrected chi connectivity index (χ1v) is 12.0. The van der Waals surface area contributed by atoms with Crippen LogP contribution >= 0.6 is 0 Å². The van der Waals surface area contributed by atoms with Crippen LogP contribution in [0.2, 0.25) is 0 Å². The van der Waals surface area contributed by atoms with Crippen LogP contribution < -0.4 is 5.32 Å². The van der Waals surface area contributed by atoms with E-state index in [2.05, 4.69) is 5.32 Å². The fourth-order valence-electron chi connectivity index (χ4n) is 4.07. The van der Waals surface area contributed by atoms with Crippen molar-refractivity contribution in [2.24, 2.45) is 5.92 Å². The van der Waals surface area contributed by atoms with Crippen molar-refractivity contribution in [2.75, 3.05) is 31.6 Å². The van der Waals surface area contributed by atoms with Gasteiger partial charge in [0.25, 0.3) is 0 Å². The fraction of sp³-hybridized carbons (Fsp3) is 0.619. The summed E-state index contributed by atoms with van der Waals surface area (Å²) >= 11 is 0. The van der Waals surface area contributed by atoms with Crippen molar-refractivity contribution >= 4 is 27.4 Å². The van der Waals surface area contributed by atoms with Crippen molar-refractivity contribution in [3.63, 3.8) is 0 Å². The normalized spacial score (nSPS) is 18.6. The highest BCUT2D eigenvalue weighted by atomic mass is 32.2. The van der Waals surface area contributed by atoms with E-state index >= 15 is 0 Å². The molecule has 2 aliphatic rings. The largest absolute Gasteiger partial charge is 0.466 e. The minimum Gasteiger partial charge on any atom is -0.466 e. The molecule has 2 fully saturated rings. The van der Waals surface area contributed by atoms with Crippen molar-refractivity contribution in [1.82, 2.24) is 4.90 Å². The number of carbonyl (C=O) groups is 2. The van der Waals surface area contributed by atoms with E-state index in [0.717, 1.165) is 25.7 Å². The first-order chi connectivity index (χ1) is 13.9. The van der Waals surface area contributed by atoms with Gasteiger partial charge in [0.2, 0.25) is 5.91 Å². The summed E-state index contributed by atoms with van der Waals surface area (Å²) in [5.74, 6) is -0.332. The van der Waals surface area contributed by atoms with Gasteiger partial charge >= 0.3 is 5.97 Å². The Hall–Kier alpha value is -2.09. The van der Waals surface area contributed by atoms with Gasteiger partial charge in [0.15, 0.2) is 9.84 Å². The Kier molecular flexibility index (Phi) is 7.16. The fourth-order valence-corrected chi connectivity index (χ4v) is 5.92. The number of sulfone groups is 1. The zero-order valence-corrected chi connectivity index (χ0v) is 17.7. The van der Waals surface area contributed by atoms with Crippen LogP contribution in [-0.2, 0) is 24.2 Å². The van der Waals surface area contributed by atoms with Crippen LogP contribution in [0, 0.1) is 5.92 Å². The highest BCUT2D eigenvalue weighted by Gasteiger charge is 2.30. The molecule has 0 atom stereocenters. The van der Waals surface area contributed by atoms with Gasteiger partial charge in [-0.3, -0.25) is 9.59 Å². The summed E-state index contributed by atoms with van der Waals surface area (Å²) < 4.78 is 30.3. The zero-order chi connectivity index (χ0) is 20.9. The van der Waals surface area contributed by atoms with E-state index in [1.165, 1.54) is 0 Å². The van der Waals surface area contributed by atoms with Crippen LogP contribution in [0.15, 0.2) is 29.2 Å². The number of piperidine rings is 1. The van der Waals surface area contributed by atoms with E-state index in [4.69, 9.17) is 4.74 Å². The Morgan fingerprint density at radius 3 is 2.28 bits per heavy atom. The summed E-state index contributed by atoms with van der Waals surface area (Å²) in [6.07, 6.45) is 4.68. The predicted molar refractivity (Wildman–Crippen MR) is 110 cm³/mol.